The fourth-order valence-corrected chi connectivity index (χ4v) is 2.95. The quantitative estimate of drug-likeness (QED) is 0.371. The molecule has 0 radical (unpaired) electrons. The summed E-state index contributed by atoms with van der Waals surface area (Å²) in [6.07, 6.45) is 1.59. The summed E-state index contributed by atoms with van der Waals surface area (Å²) in [5.74, 6) is 0.791. The van der Waals surface area contributed by atoms with Gasteiger partial charge in [0.25, 0.3) is 0 Å². The highest BCUT2D eigenvalue weighted by atomic mass is 35.5. The maximum Gasteiger partial charge on any atom is 0.240 e. The van der Waals surface area contributed by atoms with Gasteiger partial charge in [-0.3, -0.25) is 9.59 Å². The van der Waals surface area contributed by atoms with Crippen molar-refractivity contribution in [3.05, 3.63) is 88.9 Å². The maximum absolute atomic E-state index is 12.1. The Labute approximate surface area is 185 Å². The summed E-state index contributed by atoms with van der Waals surface area (Å²) in [6.45, 7) is 1.85. The van der Waals surface area contributed by atoms with E-state index in [0.29, 0.717) is 16.5 Å². The number of halogens is 1. The van der Waals surface area contributed by atoms with Crippen LogP contribution in [0.15, 0.2) is 77.9 Å². The molecule has 2 amide bonds. The van der Waals surface area contributed by atoms with Crippen LogP contribution < -0.4 is 15.5 Å². The van der Waals surface area contributed by atoms with Crippen molar-refractivity contribution in [2.75, 3.05) is 5.32 Å². The molecule has 0 atom stereocenters. The number of hydrogen-bond donors (Lipinski definition) is 2. The molecule has 0 saturated carbocycles. The van der Waals surface area contributed by atoms with Crippen molar-refractivity contribution in [2.24, 2.45) is 5.10 Å². The van der Waals surface area contributed by atoms with E-state index in [1.54, 1.807) is 18.2 Å². The molecule has 3 aromatic carbocycles. The Morgan fingerprint density at radius 3 is 2.45 bits per heavy atom. The van der Waals surface area contributed by atoms with Gasteiger partial charge in [-0.1, -0.05) is 41.9 Å². The lowest BCUT2D eigenvalue weighted by molar-refractivity contribution is -0.124. The van der Waals surface area contributed by atoms with E-state index in [0.717, 1.165) is 16.9 Å². The minimum atomic E-state index is -0.351. The first-order chi connectivity index (χ1) is 15.0. The first-order valence-corrected chi connectivity index (χ1v) is 10.1. The lowest BCUT2D eigenvalue weighted by atomic mass is 10.2. The largest absolute Gasteiger partial charge is 0.457 e. The van der Waals surface area contributed by atoms with E-state index in [-0.39, 0.29) is 24.7 Å². The van der Waals surface area contributed by atoms with Crippen molar-refractivity contribution in [3.8, 4) is 11.5 Å². The molecule has 158 valence electrons. The second-order valence-electron chi connectivity index (χ2n) is 6.79. The summed E-state index contributed by atoms with van der Waals surface area (Å²) in [5.41, 5.74) is 4.73. The van der Waals surface area contributed by atoms with Crippen molar-refractivity contribution in [3.63, 3.8) is 0 Å². The Morgan fingerprint density at radius 1 is 0.935 bits per heavy atom. The van der Waals surface area contributed by atoms with Gasteiger partial charge in [0.1, 0.15) is 11.5 Å². The molecule has 0 aromatic heterocycles. The minimum Gasteiger partial charge on any atom is -0.457 e. The van der Waals surface area contributed by atoms with Crippen LogP contribution in [0.2, 0.25) is 5.02 Å². The normalized spacial score (nSPS) is 10.6. The van der Waals surface area contributed by atoms with Crippen LogP contribution in [0.4, 0.5) is 5.69 Å². The number of anilines is 1. The second-order valence-corrected chi connectivity index (χ2v) is 7.22. The average Bonchev–Trinajstić information content (AvgIpc) is 2.75. The lowest BCUT2D eigenvalue weighted by Crippen LogP contribution is -2.20. The van der Waals surface area contributed by atoms with Gasteiger partial charge < -0.3 is 10.1 Å². The molecular weight excluding hydrogens is 414 g/mol. The summed E-state index contributed by atoms with van der Waals surface area (Å²) in [4.78, 5) is 24.0. The number of rotatable bonds is 8. The Bertz CT molecular complexity index is 1080. The molecule has 31 heavy (non-hydrogen) atoms. The number of amides is 2. The van der Waals surface area contributed by atoms with E-state index in [4.69, 9.17) is 16.3 Å². The smallest absolute Gasteiger partial charge is 0.240 e. The number of carbonyl (C=O) groups excluding carboxylic acids is 2. The molecule has 0 heterocycles. The van der Waals surface area contributed by atoms with Crippen LogP contribution >= 0.6 is 11.6 Å². The third-order valence-electron chi connectivity index (χ3n) is 4.28. The lowest BCUT2D eigenvalue weighted by Gasteiger charge is -2.08. The van der Waals surface area contributed by atoms with E-state index in [9.17, 15) is 9.59 Å². The fourth-order valence-electron chi connectivity index (χ4n) is 2.72. The first-order valence-electron chi connectivity index (χ1n) is 9.70. The molecule has 0 aliphatic heterocycles. The molecule has 0 bridgehead atoms. The summed E-state index contributed by atoms with van der Waals surface area (Å²) in [5, 5.41) is 7.32. The highest BCUT2D eigenvalue weighted by Crippen LogP contribution is 2.21. The number of benzene rings is 3. The van der Waals surface area contributed by atoms with E-state index in [2.05, 4.69) is 15.8 Å². The highest BCUT2D eigenvalue weighted by molar-refractivity contribution is 6.30. The molecule has 0 unspecified atom stereocenters. The number of hydrogen-bond acceptors (Lipinski definition) is 4. The predicted molar refractivity (Wildman–Crippen MR) is 123 cm³/mol. The minimum absolute atomic E-state index is 0.0208. The van der Waals surface area contributed by atoms with Gasteiger partial charge in [0.15, 0.2) is 0 Å². The average molecular weight is 436 g/mol. The molecule has 2 N–H and O–H groups in total. The van der Waals surface area contributed by atoms with Gasteiger partial charge >= 0.3 is 0 Å². The van der Waals surface area contributed by atoms with Gasteiger partial charge in [-0.15, -0.1) is 0 Å². The van der Waals surface area contributed by atoms with Gasteiger partial charge in [0.05, 0.1) is 6.21 Å². The van der Waals surface area contributed by atoms with Crippen molar-refractivity contribution in [1.29, 1.82) is 0 Å². The number of nitrogens with zero attached hydrogens (tertiary/aromatic N) is 1. The molecule has 0 fully saturated rings. The van der Waals surface area contributed by atoms with Crippen molar-refractivity contribution >= 4 is 35.3 Å². The van der Waals surface area contributed by atoms with E-state index >= 15 is 0 Å². The van der Waals surface area contributed by atoms with Crippen LogP contribution in [-0.4, -0.2) is 18.0 Å². The van der Waals surface area contributed by atoms with Crippen LogP contribution in [0.3, 0.4) is 0 Å². The fraction of sp³-hybridized carbons (Fsp3) is 0.125. The number of para-hydroxylation sites is 1. The zero-order valence-corrected chi connectivity index (χ0v) is 17.7. The van der Waals surface area contributed by atoms with E-state index in [1.807, 2.05) is 61.5 Å². The Kier molecular flexibility index (Phi) is 7.79. The predicted octanol–water partition coefficient (Wildman–Crippen LogP) is 5.31. The molecule has 0 saturated heterocycles. The third kappa shape index (κ3) is 7.28. The summed E-state index contributed by atoms with van der Waals surface area (Å²) in [7, 11) is 0. The number of ether oxygens (including phenoxy) is 1. The molecule has 3 rings (SSSR count). The molecule has 3 aromatic rings. The molecular formula is C24H22ClN3O3. The third-order valence-corrected chi connectivity index (χ3v) is 4.52. The van der Waals surface area contributed by atoms with Gasteiger partial charge in [-0.2, -0.15) is 5.10 Å². The van der Waals surface area contributed by atoms with Gasteiger partial charge in [0, 0.05) is 23.6 Å². The summed E-state index contributed by atoms with van der Waals surface area (Å²) < 4.78 is 5.77. The Balaban J connectivity index is 1.45. The van der Waals surface area contributed by atoms with Gasteiger partial charge in [0.2, 0.25) is 11.8 Å². The van der Waals surface area contributed by atoms with Gasteiger partial charge in [-0.25, -0.2) is 5.43 Å². The van der Waals surface area contributed by atoms with Crippen LogP contribution in [0.1, 0.15) is 24.0 Å². The summed E-state index contributed by atoms with van der Waals surface area (Å²) in [6, 6.07) is 22.0. The highest BCUT2D eigenvalue weighted by Gasteiger charge is 2.08. The maximum atomic E-state index is 12.1. The zero-order chi connectivity index (χ0) is 22.1. The number of carbonyl (C=O) groups is 2. The van der Waals surface area contributed by atoms with Crippen molar-refractivity contribution in [1.82, 2.24) is 5.43 Å². The molecule has 0 spiro atoms. The zero-order valence-electron chi connectivity index (χ0n) is 17.0. The van der Waals surface area contributed by atoms with Crippen LogP contribution in [0.25, 0.3) is 0 Å². The molecule has 0 aliphatic rings. The Morgan fingerprint density at radius 2 is 1.68 bits per heavy atom. The number of aryl methyl sites for hydroxylation is 1. The molecule has 0 aliphatic carbocycles. The standard InChI is InChI=1S/C24H22ClN3O3/c1-17-14-19(25)10-11-22(17)27-23(29)12-13-24(30)28-26-16-18-6-5-9-21(15-18)31-20-7-3-2-4-8-20/h2-11,14-16H,12-13H2,1H3,(H,27,29)(H,28,30). The SMILES string of the molecule is Cc1cc(Cl)ccc1NC(=O)CCC(=O)NN=Cc1cccc(Oc2ccccc2)c1. The topological polar surface area (TPSA) is 79.8 Å². The number of hydrazone groups is 1. The monoisotopic (exact) mass is 435 g/mol. The van der Waals surface area contributed by atoms with Crippen molar-refractivity contribution < 1.29 is 14.3 Å². The van der Waals surface area contributed by atoms with Crippen molar-refractivity contribution in [2.45, 2.75) is 19.8 Å². The van der Waals surface area contributed by atoms with Gasteiger partial charge in [-0.05, 0) is 60.5 Å². The second kappa shape index (κ2) is 10.9. The van der Waals surface area contributed by atoms with E-state index < -0.39 is 0 Å². The Hall–Kier alpha value is -3.64. The van der Waals surface area contributed by atoms with Crippen LogP contribution in [0, 0.1) is 6.92 Å². The van der Waals surface area contributed by atoms with Crippen LogP contribution in [-0.2, 0) is 9.59 Å². The van der Waals surface area contributed by atoms with E-state index in [1.165, 1.54) is 6.21 Å². The number of nitrogens with one attached hydrogen (secondary N) is 2. The molecule has 6 nitrogen and oxygen atoms in total. The van der Waals surface area contributed by atoms with Crippen LogP contribution in [0.5, 0.6) is 11.5 Å². The molecule has 7 heteroatoms. The summed E-state index contributed by atoms with van der Waals surface area (Å²) >= 11 is 5.91. The first kappa shape index (κ1) is 22.1.